The first-order valence-corrected chi connectivity index (χ1v) is 12.6. The lowest BCUT2D eigenvalue weighted by Gasteiger charge is -2.14. The standard InChI is InChI=1S/C28H22FN3O2S2/c1-2-34-24-14-13-20(15-23(24)29)26-21(18-32(30-26)22-11-7-4-8-12-22)16-25-27(33)31(28(35)36-25)17-19-9-5-3-6-10-19/h3-16,18H,2,17H2,1H3. The fraction of sp³-hybridized carbons (Fsp3) is 0.107. The van der Waals surface area contributed by atoms with Gasteiger partial charge in [0, 0.05) is 17.3 Å². The number of thiocarbonyl (C=S) groups is 1. The second kappa shape index (κ2) is 10.5. The lowest BCUT2D eigenvalue weighted by molar-refractivity contribution is -0.122. The first-order chi connectivity index (χ1) is 17.5. The van der Waals surface area contributed by atoms with Crippen LogP contribution in [0.5, 0.6) is 5.75 Å². The molecule has 1 aliphatic rings. The number of amides is 1. The molecule has 1 fully saturated rings. The summed E-state index contributed by atoms with van der Waals surface area (Å²) in [4.78, 5) is 15.4. The Morgan fingerprint density at radius 3 is 2.47 bits per heavy atom. The molecule has 3 aromatic carbocycles. The summed E-state index contributed by atoms with van der Waals surface area (Å²) in [6.45, 7) is 2.58. The van der Waals surface area contributed by atoms with E-state index in [-0.39, 0.29) is 11.7 Å². The molecule has 0 N–H and O–H groups in total. The van der Waals surface area contributed by atoms with Gasteiger partial charge in [0.1, 0.15) is 10.0 Å². The van der Waals surface area contributed by atoms with Gasteiger partial charge in [-0.3, -0.25) is 9.69 Å². The molecule has 0 atom stereocenters. The van der Waals surface area contributed by atoms with Gasteiger partial charge in [-0.2, -0.15) is 5.10 Å². The van der Waals surface area contributed by atoms with Crippen molar-refractivity contribution in [3.8, 4) is 22.7 Å². The van der Waals surface area contributed by atoms with Crippen LogP contribution in [0.3, 0.4) is 0 Å². The van der Waals surface area contributed by atoms with E-state index >= 15 is 0 Å². The summed E-state index contributed by atoms with van der Waals surface area (Å²) in [5.41, 5.74) is 3.66. The Bertz CT molecular complexity index is 1450. The van der Waals surface area contributed by atoms with Crippen LogP contribution in [-0.4, -0.2) is 31.5 Å². The van der Waals surface area contributed by atoms with Crippen LogP contribution < -0.4 is 4.74 Å². The van der Waals surface area contributed by atoms with Crippen molar-refractivity contribution in [2.24, 2.45) is 0 Å². The van der Waals surface area contributed by atoms with E-state index in [1.165, 1.54) is 17.8 Å². The number of nitrogens with zero attached hydrogens (tertiary/aromatic N) is 3. The summed E-state index contributed by atoms with van der Waals surface area (Å²) in [6, 6.07) is 24.1. The third-order valence-electron chi connectivity index (χ3n) is 5.61. The molecule has 4 aromatic rings. The fourth-order valence-corrected chi connectivity index (χ4v) is 5.14. The van der Waals surface area contributed by atoms with Gasteiger partial charge in [-0.1, -0.05) is 72.5 Å². The molecule has 0 spiro atoms. The Labute approximate surface area is 218 Å². The average molecular weight is 516 g/mol. The molecule has 0 bridgehead atoms. The molecule has 5 rings (SSSR count). The summed E-state index contributed by atoms with van der Waals surface area (Å²) < 4.78 is 22.3. The number of hydrogen-bond donors (Lipinski definition) is 0. The van der Waals surface area contributed by atoms with Crippen LogP contribution in [0.4, 0.5) is 4.39 Å². The molecule has 2 heterocycles. The Balaban J connectivity index is 1.53. The van der Waals surface area contributed by atoms with Crippen molar-refractivity contribution in [1.82, 2.24) is 14.7 Å². The van der Waals surface area contributed by atoms with Crippen LogP contribution >= 0.6 is 24.0 Å². The van der Waals surface area contributed by atoms with E-state index in [1.54, 1.807) is 34.7 Å². The van der Waals surface area contributed by atoms with Crippen molar-refractivity contribution in [2.45, 2.75) is 13.5 Å². The Morgan fingerprint density at radius 2 is 1.78 bits per heavy atom. The largest absolute Gasteiger partial charge is 0.491 e. The third-order valence-corrected chi connectivity index (χ3v) is 6.99. The Kier molecular flexibility index (Phi) is 6.97. The van der Waals surface area contributed by atoms with Crippen molar-refractivity contribution in [1.29, 1.82) is 0 Å². The van der Waals surface area contributed by atoms with Crippen molar-refractivity contribution >= 4 is 40.3 Å². The summed E-state index contributed by atoms with van der Waals surface area (Å²) in [5, 5.41) is 4.74. The third kappa shape index (κ3) is 4.96. The molecule has 1 aliphatic heterocycles. The molecule has 180 valence electrons. The van der Waals surface area contributed by atoms with Gasteiger partial charge in [0.15, 0.2) is 11.6 Å². The Morgan fingerprint density at radius 1 is 1.06 bits per heavy atom. The van der Waals surface area contributed by atoms with E-state index in [0.717, 1.165) is 11.3 Å². The van der Waals surface area contributed by atoms with Crippen LogP contribution in [-0.2, 0) is 11.3 Å². The zero-order valence-electron chi connectivity index (χ0n) is 19.4. The number of carbonyl (C=O) groups excluding carboxylic acids is 1. The van der Waals surface area contributed by atoms with Gasteiger partial charge in [-0.05, 0) is 48.9 Å². The predicted octanol–water partition coefficient (Wildman–Crippen LogP) is 6.48. The van der Waals surface area contributed by atoms with E-state index < -0.39 is 5.82 Å². The number of rotatable bonds is 7. The highest BCUT2D eigenvalue weighted by Gasteiger charge is 2.32. The van der Waals surface area contributed by atoms with Crippen LogP contribution in [0.25, 0.3) is 23.0 Å². The van der Waals surface area contributed by atoms with Crippen LogP contribution in [0.15, 0.2) is 90.0 Å². The normalized spacial score (nSPS) is 14.6. The maximum absolute atomic E-state index is 14.7. The van der Waals surface area contributed by atoms with E-state index in [1.807, 2.05) is 66.9 Å². The predicted molar refractivity (Wildman–Crippen MR) is 145 cm³/mol. The molecule has 36 heavy (non-hydrogen) atoms. The monoisotopic (exact) mass is 515 g/mol. The molecule has 0 saturated carbocycles. The van der Waals surface area contributed by atoms with Crippen molar-refractivity contribution < 1.29 is 13.9 Å². The Hall–Kier alpha value is -3.75. The van der Waals surface area contributed by atoms with Gasteiger partial charge >= 0.3 is 0 Å². The van der Waals surface area contributed by atoms with E-state index in [2.05, 4.69) is 0 Å². The van der Waals surface area contributed by atoms with Crippen LogP contribution in [0.1, 0.15) is 18.1 Å². The average Bonchev–Trinajstić information content (AvgIpc) is 3.43. The van der Waals surface area contributed by atoms with Gasteiger partial charge in [-0.25, -0.2) is 9.07 Å². The van der Waals surface area contributed by atoms with Crippen molar-refractivity contribution in [3.05, 3.63) is 107 Å². The summed E-state index contributed by atoms with van der Waals surface area (Å²) >= 11 is 6.77. The van der Waals surface area contributed by atoms with E-state index in [0.29, 0.717) is 39.2 Å². The molecule has 8 heteroatoms. The number of para-hydroxylation sites is 1. The zero-order chi connectivity index (χ0) is 25.1. The highest BCUT2D eigenvalue weighted by atomic mass is 32.2. The highest BCUT2D eigenvalue weighted by Crippen LogP contribution is 2.36. The second-order valence-electron chi connectivity index (χ2n) is 8.04. The minimum atomic E-state index is -0.469. The molecular weight excluding hydrogens is 493 g/mol. The number of ether oxygens (including phenoxy) is 1. The number of hydrogen-bond acceptors (Lipinski definition) is 5. The van der Waals surface area contributed by atoms with Gasteiger partial charge < -0.3 is 4.74 Å². The van der Waals surface area contributed by atoms with Gasteiger partial charge in [0.05, 0.1) is 23.7 Å². The lowest BCUT2D eigenvalue weighted by Crippen LogP contribution is -2.27. The first kappa shape index (κ1) is 24.0. The minimum absolute atomic E-state index is 0.162. The minimum Gasteiger partial charge on any atom is -0.491 e. The summed E-state index contributed by atoms with van der Waals surface area (Å²) in [7, 11) is 0. The number of carbonyl (C=O) groups is 1. The highest BCUT2D eigenvalue weighted by molar-refractivity contribution is 8.26. The molecule has 1 amide bonds. The summed E-state index contributed by atoms with van der Waals surface area (Å²) in [6.07, 6.45) is 3.61. The molecule has 0 radical (unpaired) electrons. The first-order valence-electron chi connectivity index (χ1n) is 11.4. The number of aromatic nitrogens is 2. The van der Waals surface area contributed by atoms with Crippen molar-refractivity contribution in [2.75, 3.05) is 6.61 Å². The fourth-order valence-electron chi connectivity index (χ4n) is 3.89. The summed E-state index contributed by atoms with van der Waals surface area (Å²) in [5.74, 6) is -0.444. The maximum atomic E-state index is 14.7. The van der Waals surface area contributed by atoms with Crippen LogP contribution in [0, 0.1) is 5.82 Å². The molecule has 5 nitrogen and oxygen atoms in total. The maximum Gasteiger partial charge on any atom is 0.266 e. The van der Waals surface area contributed by atoms with Gasteiger partial charge in [0.25, 0.3) is 5.91 Å². The molecule has 1 saturated heterocycles. The molecule has 0 unspecified atom stereocenters. The molecule has 1 aromatic heterocycles. The van der Waals surface area contributed by atoms with E-state index in [4.69, 9.17) is 22.1 Å². The zero-order valence-corrected chi connectivity index (χ0v) is 21.1. The topological polar surface area (TPSA) is 47.4 Å². The van der Waals surface area contributed by atoms with E-state index in [9.17, 15) is 9.18 Å². The molecule has 0 aliphatic carbocycles. The number of benzene rings is 3. The second-order valence-corrected chi connectivity index (χ2v) is 9.72. The molecular formula is C28H22FN3O2S2. The van der Waals surface area contributed by atoms with Crippen LogP contribution in [0.2, 0.25) is 0 Å². The van der Waals surface area contributed by atoms with Crippen molar-refractivity contribution in [3.63, 3.8) is 0 Å². The lowest BCUT2D eigenvalue weighted by atomic mass is 10.1. The quantitative estimate of drug-likeness (QED) is 0.208. The van der Waals surface area contributed by atoms with Gasteiger partial charge in [-0.15, -0.1) is 0 Å². The SMILES string of the molecule is CCOc1ccc(-c2nn(-c3ccccc3)cc2C=C2SC(=S)N(Cc3ccccc3)C2=O)cc1F. The number of halogens is 1. The smallest absolute Gasteiger partial charge is 0.266 e. The number of thioether (sulfide) groups is 1. The van der Waals surface area contributed by atoms with Gasteiger partial charge in [0.2, 0.25) is 0 Å².